The van der Waals surface area contributed by atoms with Crippen LogP contribution in [0.5, 0.6) is 11.5 Å². The van der Waals surface area contributed by atoms with Crippen molar-refractivity contribution >= 4 is 17.6 Å². The number of morpholine rings is 1. The Kier molecular flexibility index (Phi) is 7.41. The van der Waals surface area contributed by atoms with Gasteiger partial charge in [-0.3, -0.25) is 9.69 Å². The number of phenolic OH excluding ortho intramolecular Hbond substituents is 1. The second-order valence-corrected chi connectivity index (χ2v) is 7.87. The van der Waals surface area contributed by atoms with Crippen molar-refractivity contribution < 1.29 is 29.3 Å². The zero-order valence-electron chi connectivity index (χ0n) is 18.6. The quantitative estimate of drug-likeness (QED) is 0.468. The Morgan fingerprint density at radius 1 is 0.941 bits per heavy atom. The summed E-state index contributed by atoms with van der Waals surface area (Å²) in [4.78, 5) is 26.8. The summed E-state index contributed by atoms with van der Waals surface area (Å²) in [5, 5.41) is 22.6. The van der Waals surface area contributed by atoms with Crippen molar-refractivity contribution in [3.05, 3.63) is 77.9 Å². The number of nitrogens with one attached hydrogen (secondary N) is 1. The maximum atomic E-state index is 12.9. The molecule has 0 bridgehead atoms. The normalized spacial score (nSPS) is 13.9. The molecule has 1 amide bonds. The Balaban J connectivity index is 1.46. The lowest BCUT2D eigenvalue weighted by Gasteiger charge is -2.26. The lowest BCUT2D eigenvalue weighted by molar-refractivity contribution is 0.0322. The molecule has 1 heterocycles. The predicted molar refractivity (Wildman–Crippen MR) is 128 cm³/mol. The minimum absolute atomic E-state index is 0.0157. The Hall–Kier alpha value is -3.88. The molecule has 3 aromatic rings. The standard InChI is InChI=1S/C26H26N2O6/c29-24-17-20(34-15-12-28-10-13-33-14-11-28)7-9-22(24)25(30)27-23-16-19(6-8-21(23)26(31)32)18-4-2-1-3-5-18/h1-9,16-17,29H,10-15H2,(H,27,30)(H,31,32). The van der Waals surface area contributed by atoms with Crippen molar-refractivity contribution in [1.82, 2.24) is 4.90 Å². The largest absolute Gasteiger partial charge is 0.507 e. The van der Waals surface area contributed by atoms with E-state index in [1.807, 2.05) is 30.3 Å². The summed E-state index contributed by atoms with van der Waals surface area (Å²) in [6.07, 6.45) is 0. The second kappa shape index (κ2) is 10.8. The fourth-order valence-corrected chi connectivity index (χ4v) is 3.74. The number of aromatic carboxylic acids is 1. The molecule has 3 N–H and O–H groups in total. The van der Waals surface area contributed by atoms with E-state index in [0.717, 1.165) is 30.8 Å². The van der Waals surface area contributed by atoms with Gasteiger partial charge >= 0.3 is 5.97 Å². The summed E-state index contributed by atoms with van der Waals surface area (Å²) >= 11 is 0. The van der Waals surface area contributed by atoms with Crippen LogP contribution in [0.1, 0.15) is 20.7 Å². The predicted octanol–water partition coefficient (Wildman–Crippen LogP) is 3.72. The van der Waals surface area contributed by atoms with Gasteiger partial charge in [-0.25, -0.2) is 4.79 Å². The van der Waals surface area contributed by atoms with Gasteiger partial charge in [-0.1, -0.05) is 36.4 Å². The summed E-state index contributed by atoms with van der Waals surface area (Å²) in [6.45, 7) is 4.32. The van der Waals surface area contributed by atoms with E-state index < -0.39 is 11.9 Å². The minimum Gasteiger partial charge on any atom is -0.507 e. The molecule has 8 nitrogen and oxygen atoms in total. The summed E-state index contributed by atoms with van der Waals surface area (Å²) < 4.78 is 11.0. The van der Waals surface area contributed by atoms with Crippen LogP contribution in [-0.4, -0.2) is 66.4 Å². The van der Waals surface area contributed by atoms with E-state index in [4.69, 9.17) is 9.47 Å². The molecule has 0 spiro atoms. The van der Waals surface area contributed by atoms with Crippen LogP contribution in [0.25, 0.3) is 11.1 Å². The number of anilines is 1. The van der Waals surface area contributed by atoms with Crippen LogP contribution in [0, 0.1) is 0 Å². The lowest BCUT2D eigenvalue weighted by Crippen LogP contribution is -2.38. The number of hydrogen-bond donors (Lipinski definition) is 3. The lowest BCUT2D eigenvalue weighted by atomic mass is 10.0. The Labute approximate surface area is 197 Å². The highest BCUT2D eigenvalue weighted by molar-refractivity contribution is 6.09. The molecule has 1 saturated heterocycles. The van der Waals surface area contributed by atoms with E-state index in [0.29, 0.717) is 25.6 Å². The zero-order valence-corrected chi connectivity index (χ0v) is 18.6. The molecule has 0 aromatic heterocycles. The van der Waals surface area contributed by atoms with Gasteiger partial charge in [0.1, 0.15) is 18.1 Å². The molecular weight excluding hydrogens is 436 g/mol. The highest BCUT2D eigenvalue weighted by Crippen LogP contribution is 2.28. The topological polar surface area (TPSA) is 108 Å². The number of rotatable bonds is 8. The second-order valence-electron chi connectivity index (χ2n) is 7.87. The van der Waals surface area contributed by atoms with E-state index in [1.165, 1.54) is 18.2 Å². The molecule has 176 valence electrons. The molecule has 34 heavy (non-hydrogen) atoms. The first-order valence-electron chi connectivity index (χ1n) is 11.0. The number of nitrogens with zero attached hydrogens (tertiary/aromatic N) is 1. The summed E-state index contributed by atoms with van der Waals surface area (Å²) in [7, 11) is 0. The summed E-state index contributed by atoms with van der Waals surface area (Å²) in [5.41, 5.74) is 1.76. The number of benzene rings is 3. The third-order valence-electron chi connectivity index (χ3n) is 5.60. The summed E-state index contributed by atoms with van der Waals surface area (Å²) in [5.74, 6) is -1.59. The average Bonchev–Trinajstić information content (AvgIpc) is 2.85. The first-order chi connectivity index (χ1) is 16.5. The van der Waals surface area contributed by atoms with E-state index in [9.17, 15) is 19.8 Å². The first-order valence-corrected chi connectivity index (χ1v) is 11.0. The number of phenols is 1. The number of hydrogen-bond acceptors (Lipinski definition) is 6. The first kappa shape index (κ1) is 23.3. The van der Waals surface area contributed by atoms with Crippen LogP contribution >= 0.6 is 0 Å². The van der Waals surface area contributed by atoms with Gasteiger partial charge in [-0.2, -0.15) is 0 Å². The molecule has 1 aliphatic rings. The van der Waals surface area contributed by atoms with Crippen molar-refractivity contribution in [1.29, 1.82) is 0 Å². The number of carboxylic acids is 1. The van der Waals surface area contributed by atoms with Gasteiger partial charge in [0.25, 0.3) is 5.91 Å². The molecule has 0 unspecified atom stereocenters. The number of carbonyl (C=O) groups is 2. The Morgan fingerprint density at radius 3 is 2.38 bits per heavy atom. The van der Waals surface area contributed by atoms with Gasteiger partial charge in [0.15, 0.2) is 0 Å². The van der Waals surface area contributed by atoms with Crippen LogP contribution in [-0.2, 0) is 4.74 Å². The molecule has 3 aromatic carbocycles. The molecule has 8 heteroatoms. The van der Waals surface area contributed by atoms with Crippen molar-refractivity contribution in [2.75, 3.05) is 44.8 Å². The van der Waals surface area contributed by atoms with Gasteiger partial charge in [0.2, 0.25) is 0 Å². The highest BCUT2D eigenvalue weighted by atomic mass is 16.5. The number of ether oxygens (including phenoxy) is 2. The van der Waals surface area contributed by atoms with Gasteiger partial charge < -0.3 is 25.0 Å². The van der Waals surface area contributed by atoms with Gasteiger partial charge in [-0.05, 0) is 35.4 Å². The van der Waals surface area contributed by atoms with Gasteiger partial charge in [0, 0.05) is 25.7 Å². The molecule has 4 rings (SSSR count). The van der Waals surface area contributed by atoms with E-state index >= 15 is 0 Å². The highest BCUT2D eigenvalue weighted by Gasteiger charge is 2.18. The zero-order chi connectivity index (χ0) is 23.9. The van der Waals surface area contributed by atoms with Crippen molar-refractivity contribution in [2.24, 2.45) is 0 Å². The van der Waals surface area contributed by atoms with Crippen LogP contribution in [0.15, 0.2) is 66.7 Å². The van der Waals surface area contributed by atoms with Crippen LogP contribution in [0.3, 0.4) is 0 Å². The average molecular weight is 463 g/mol. The number of carbonyl (C=O) groups excluding carboxylic acids is 1. The third kappa shape index (κ3) is 5.72. The monoisotopic (exact) mass is 462 g/mol. The summed E-state index contributed by atoms with van der Waals surface area (Å²) in [6, 6.07) is 18.6. The van der Waals surface area contributed by atoms with Crippen molar-refractivity contribution in [3.8, 4) is 22.6 Å². The fourth-order valence-electron chi connectivity index (χ4n) is 3.74. The van der Waals surface area contributed by atoms with Crippen molar-refractivity contribution in [2.45, 2.75) is 0 Å². The Morgan fingerprint density at radius 2 is 1.68 bits per heavy atom. The SMILES string of the molecule is O=C(Nc1cc(-c2ccccc2)ccc1C(=O)O)c1ccc(OCCN2CCOCC2)cc1O. The van der Waals surface area contributed by atoms with Crippen LogP contribution in [0.4, 0.5) is 5.69 Å². The smallest absolute Gasteiger partial charge is 0.337 e. The molecule has 1 aliphatic heterocycles. The number of carboxylic acid groups (broad SMARTS) is 1. The van der Waals surface area contributed by atoms with Crippen LogP contribution in [0.2, 0.25) is 0 Å². The molecule has 0 radical (unpaired) electrons. The molecule has 1 fully saturated rings. The number of amides is 1. The van der Waals surface area contributed by atoms with Crippen LogP contribution < -0.4 is 10.1 Å². The third-order valence-corrected chi connectivity index (χ3v) is 5.60. The Bertz CT molecular complexity index is 1160. The molecule has 0 atom stereocenters. The van der Waals surface area contributed by atoms with E-state index in [2.05, 4.69) is 10.2 Å². The maximum Gasteiger partial charge on any atom is 0.337 e. The van der Waals surface area contributed by atoms with E-state index in [-0.39, 0.29) is 22.6 Å². The van der Waals surface area contributed by atoms with Gasteiger partial charge in [-0.15, -0.1) is 0 Å². The number of aromatic hydroxyl groups is 1. The maximum absolute atomic E-state index is 12.9. The van der Waals surface area contributed by atoms with E-state index in [1.54, 1.807) is 18.2 Å². The minimum atomic E-state index is -1.16. The molecule has 0 aliphatic carbocycles. The van der Waals surface area contributed by atoms with Gasteiger partial charge in [0.05, 0.1) is 30.0 Å². The molecular formula is C26H26N2O6. The fraction of sp³-hybridized carbons (Fsp3) is 0.231. The van der Waals surface area contributed by atoms with Crippen molar-refractivity contribution in [3.63, 3.8) is 0 Å². The molecule has 0 saturated carbocycles.